The fourth-order valence-corrected chi connectivity index (χ4v) is 6.22. The highest BCUT2D eigenvalue weighted by Crippen LogP contribution is 2.49. The van der Waals surface area contributed by atoms with Crippen molar-refractivity contribution >= 4 is 38.4 Å². The lowest BCUT2D eigenvalue weighted by Gasteiger charge is -2.40. The maximum atomic E-state index is 12.8. The zero-order valence-electron chi connectivity index (χ0n) is 22.1. The molecule has 2 heterocycles. The van der Waals surface area contributed by atoms with Gasteiger partial charge in [-0.25, -0.2) is 9.97 Å². The van der Waals surface area contributed by atoms with E-state index < -0.39 is 5.60 Å². The Bertz CT molecular complexity index is 1220. The van der Waals surface area contributed by atoms with Crippen LogP contribution in [-0.4, -0.2) is 54.8 Å². The molecule has 6 nitrogen and oxygen atoms in total. The molecule has 4 rings (SSSR count). The summed E-state index contributed by atoms with van der Waals surface area (Å²) in [7, 11) is 7.26. The summed E-state index contributed by atoms with van der Waals surface area (Å²) in [6, 6.07) is 11.7. The number of benzene rings is 1. The summed E-state index contributed by atoms with van der Waals surface area (Å²) in [5.74, 6) is 1.16. The molecule has 37 heavy (non-hydrogen) atoms. The lowest BCUT2D eigenvalue weighted by atomic mass is 9.69. The number of nitrogens with zero attached hydrogens (tertiary/aromatic N) is 3. The number of rotatable bonds is 10. The normalized spacial score (nSPS) is 17.1. The van der Waals surface area contributed by atoms with E-state index in [9.17, 15) is 5.11 Å². The zero-order chi connectivity index (χ0) is 26.6. The van der Waals surface area contributed by atoms with Crippen LogP contribution in [0.25, 0.3) is 10.9 Å². The number of ether oxygens (including phenoxy) is 2. The van der Waals surface area contributed by atoms with Crippen LogP contribution in [0.15, 0.2) is 40.9 Å². The van der Waals surface area contributed by atoms with Crippen LogP contribution in [0.2, 0.25) is 5.15 Å². The molecule has 1 N–H and O–H groups in total. The quantitative estimate of drug-likeness (QED) is 0.258. The first-order valence-corrected chi connectivity index (χ1v) is 14.1. The molecular formula is C29H37BrClN3O3. The number of hydrogen-bond donors (Lipinski definition) is 1. The minimum Gasteiger partial charge on any atom is -0.481 e. The third kappa shape index (κ3) is 6.56. The molecule has 1 aliphatic carbocycles. The highest BCUT2D eigenvalue weighted by Gasteiger charge is 2.43. The largest absolute Gasteiger partial charge is 0.481 e. The number of hydrogen-bond acceptors (Lipinski definition) is 6. The maximum Gasteiger partial charge on any atom is 0.217 e. The summed E-state index contributed by atoms with van der Waals surface area (Å²) < 4.78 is 12.3. The van der Waals surface area contributed by atoms with E-state index in [2.05, 4.69) is 37.9 Å². The molecule has 0 aliphatic heterocycles. The summed E-state index contributed by atoms with van der Waals surface area (Å²) >= 11 is 10.0. The number of methoxy groups -OCH3 is 2. The van der Waals surface area contributed by atoms with Crippen molar-refractivity contribution in [3.63, 3.8) is 0 Å². The Labute approximate surface area is 233 Å². The van der Waals surface area contributed by atoms with E-state index in [-0.39, 0.29) is 5.92 Å². The van der Waals surface area contributed by atoms with E-state index in [1.807, 2.05) is 32.3 Å². The topological polar surface area (TPSA) is 67.7 Å². The van der Waals surface area contributed by atoms with Crippen molar-refractivity contribution < 1.29 is 14.6 Å². The molecule has 0 amide bonds. The Morgan fingerprint density at radius 1 is 1.08 bits per heavy atom. The summed E-state index contributed by atoms with van der Waals surface area (Å²) in [5.41, 5.74) is 1.21. The van der Waals surface area contributed by atoms with Crippen molar-refractivity contribution in [3.8, 4) is 11.8 Å². The first-order chi connectivity index (χ1) is 17.7. The van der Waals surface area contributed by atoms with E-state index in [1.165, 1.54) is 19.3 Å². The molecule has 3 aromatic rings. The molecule has 2 aromatic heterocycles. The SMILES string of the molecule is COc1cc(C(O)(CCN(C)C)C(CC2CCCCC2)c2cc3cc(Br)ccc3nc2OC)cc(Cl)n1. The molecule has 0 saturated heterocycles. The summed E-state index contributed by atoms with van der Waals surface area (Å²) in [6.07, 6.45) is 7.37. The minimum atomic E-state index is -1.25. The molecule has 1 fully saturated rings. The third-order valence-electron chi connectivity index (χ3n) is 7.63. The Morgan fingerprint density at radius 2 is 1.84 bits per heavy atom. The van der Waals surface area contributed by atoms with Crippen LogP contribution < -0.4 is 9.47 Å². The Hall–Kier alpha value is -1.93. The second-order valence-corrected chi connectivity index (χ2v) is 11.7. The molecule has 0 radical (unpaired) electrons. The van der Waals surface area contributed by atoms with E-state index >= 15 is 0 Å². The highest BCUT2D eigenvalue weighted by atomic mass is 79.9. The van der Waals surface area contributed by atoms with Crippen molar-refractivity contribution in [3.05, 3.63) is 57.2 Å². The zero-order valence-corrected chi connectivity index (χ0v) is 24.5. The lowest BCUT2D eigenvalue weighted by Crippen LogP contribution is -2.38. The number of aliphatic hydroxyl groups is 1. The molecule has 2 unspecified atom stereocenters. The monoisotopic (exact) mass is 589 g/mol. The van der Waals surface area contributed by atoms with Gasteiger partial charge in [-0.05, 0) is 68.8 Å². The van der Waals surface area contributed by atoms with E-state index in [4.69, 9.17) is 26.1 Å². The van der Waals surface area contributed by atoms with Crippen LogP contribution in [-0.2, 0) is 5.60 Å². The molecular weight excluding hydrogens is 554 g/mol. The number of aromatic nitrogens is 2. The number of halogens is 2. The summed E-state index contributed by atoms with van der Waals surface area (Å²) in [4.78, 5) is 11.2. The molecule has 2 atom stereocenters. The van der Waals surface area contributed by atoms with E-state index in [0.29, 0.717) is 41.4 Å². The van der Waals surface area contributed by atoms with Crippen LogP contribution in [0.5, 0.6) is 11.8 Å². The van der Waals surface area contributed by atoms with Crippen LogP contribution in [0.3, 0.4) is 0 Å². The van der Waals surface area contributed by atoms with Gasteiger partial charge in [-0.1, -0.05) is 59.6 Å². The van der Waals surface area contributed by atoms with Crippen molar-refractivity contribution in [2.24, 2.45) is 5.92 Å². The minimum absolute atomic E-state index is 0.274. The van der Waals surface area contributed by atoms with Crippen molar-refractivity contribution in [1.29, 1.82) is 0 Å². The van der Waals surface area contributed by atoms with Crippen molar-refractivity contribution in [2.45, 2.75) is 56.5 Å². The molecule has 0 spiro atoms. The average molecular weight is 591 g/mol. The van der Waals surface area contributed by atoms with Gasteiger partial charge in [0.15, 0.2) is 0 Å². The summed E-state index contributed by atoms with van der Waals surface area (Å²) in [6.45, 7) is 0.689. The fourth-order valence-electron chi connectivity index (χ4n) is 5.64. The number of pyridine rings is 2. The second kappa shape index (κ2) is 12.3. The van der Waals surface area contributed by atoms with Gasteiger partial charge in [0, 0.05) is 34.0 Å². The summed E-state index contributed by atoms with van der Waals surface area (Å²) in [5, 5.41) is 14.1. The first kappa shape index (κ1) is 28.1. The molecule has 8 heteroatoms. The van der Waals surface area contributed by atoms with Crippen LogP contribution >= 0.6 is 27.5 Å². The van der Waals surface area contributed by atoms with Crippen LogP contribution in [0.1, 0.15) is 62.0 Å². The Balaban J connectivity index is 1.93. The van der Waals surface area contributed by atoms with Gasteiger partial charge in [-0.15, -0.1) is 0 Å². The average Bonchev–Trinajstić information content (AvgIpc) is 2.89. The molecule has 0 bridgehead atoms. The van der Waals surface area contributed by atoms with Gasteiger partial charge in [0.1, 0.15) is 5.15 Å². The van der Waals surface area contributed by atoms with Gasteiger partial charge in [-0.2, -0.15) is 0 Å². The van der Waals surface area contributed by atoms with E-state index in [1.54, 1.807) is 20.3 Å². The van der Waals surface area contributed by atoms with E-state index in [0.717, 1.165) is 40.2 Å². The van der Waals surface area contributed by atoms with Crippen molar-refractivity contribution in [2.75, 3.05) is 34.9 Å². The second-order valence-electron chi connectivity index (χ2n) is 10.4. The Kier molecular flexibility index (Phi) is 9.33. The molecule has 200 valence electrons. The van der Waals surface area contributed by atoms with Gasteiger partial charge in [0.2, 0.25) is 11.8 Å². The van der Waals surface area contributed by atoms with Gasteiger partial charge in [0.25, 0.3) is 0 Å². The molecule has 1 aromatic carbocycles. The molecule has 1 saturated carbocycles. The lowest BCUT2D eigenvalue weighted by molar-refractivity contribution is -0.0170. The predicted molar refractivity (Wildman–Crippen MR) is 153 cm³/mol. The van der Waals surface area contributed by atoms with Gasteiger partial charge >= 0.3 is 0 Å². The van der Waals surface area contributed by atoms with Crippen LogP contribution in [0.4, 0.5) is 0 Å². The first-order valence-electron chi connectivity index (χ1n) is 13.0. The smallest absolute Gasteiger partial charge is 0.217 e. The standard InChI is InChI=1S/C29H37BrClN3O3/c1-34(2)13-12-29(35,21-17-26(31)33-27(18-21)36-3)24(14-19-8-6-5-7-9-19)23-16-20-15-22(30)10-11-25(20)32-28(23)37-4/h10-11,15-19,24,35H,5-9,12-14H2,1-4H3. The third-order valence-corrected chi connectivity index (χ3v) is 8.32. The predicted octanol–water partition coefficient (Wildman–Crippen LogP) is 6.96. The molecule has 1 aliphatic rings. The highest BCUT2D eigenvalue weighted by molar-refractivity contribution is 9.10. The number of fused-ring (bicyclic) bond motifs is 1. The van der Waals surface area contributed by atoms with Crippen LogP contribution in [0, 0.1) is 5.92 Å². The van der Waals surface area contributed by atoms with Gasteiger partial charge in [0.05, 0.1) is 25.3 Å². The maximum absolute atomic E-state index is 12.8. The van der Waals surface area contributed by atoms with Gasteiger partial charge in [-0.3, -0.25) is 0 Å². The van der Waals surface area contributed by atoms with Crippen molar-refractivity contribution in [1.82, 2.24) is 14.9 Å². The Morgan fingerprint density at radius 3 is 2.51 bits per heavy atom. The van der Waals surface area contributed by atoms with Gasteiger partial charge < -0.3 is 19.5 Å². The fraction of sp³-hybridized carbons (Fsp3) is 0.517.